The highest BCUT2D eigenvalue weighted by molar-refractivity contribution is 7.10. The van der Waals surface area contributed by atoms with Gasteiger partial charge in [0.1, 0.15) is 0 Å². The Labute approximate surface area is 158 Å². The van der Waals surface area contributed by atoms with Gasteiger partial charge in [-0.05, 0) is 52.8 Å². The molecule has 4 nitrogen and oxygen atoms in total. The van der Waals surface area contributed by atoms with Gasteiger partial charge in [0, 0.05) is 30.4 Å². The maximum absolute atomic E-state index is 5.57. The molecule has 0 N–H and O–H groups in total. The number of methoxy groups -OCH3 is 2. The van der Waals surface area contributed by atoms with Gasteiger partial charge >= 0.3 is 0 Å². The van der Waals surface area contributed by atoms with Crippen molar-refractivity contribution in [1.82, 2.24) is 9.88 Å². The van der Waals surface area contributed by atoms with Crippen molar-refractivity contribution in [2.24, 2.45) is 0 Å². The molecule has 0 saturated heterocycles. The standard InChI is InChI=1S/C21H22N2O2S/c1-24-18-11-16-7-9-23(14-15-5-3-8-22-13-15)21(20-6-4-10-26-20)17(16)12-19(18)25-2/h3-6,8,10-13,21H,7,9,14H2,1-2H3/t21-/m1/s1. The van der Waals surface area contributed by atoms with Gasteiger partial charge in [-0.25, -0.2) is 0 Å². The van der Waals surface area contributed by atoms with Crippen molar-refractivity contribution in [3.05, 3.63) is 75.7 Å². The molecule has 26 heavy (non-hydrogen) atoms. The highest BCUT2D eigenvalue weighted by Gasteiger charge is 2.31. The van der Waals surface area contributed by atoms with Crippen LogP contribution >= 0.6 is 11.3 Å². The third-order valence-electron chi connectivity index (χ3n) is 4.89. The molecule has 1 aromatic carbocycles. The Morgan fingerprint density at radius 2 is 2.00 bits per heavy atom. The zero-order chi connectivity index (χ0) is 17.9. The summed E-state index contributed by atoms with van der Waals surface area (Å²) < 4.78 is 11.1. The molecule has 1 atom stereocenters. The lowest BCUT2D eigenvalue weighted by atomic mass is 9.90. The number of nitrogens with zero attached hydrogens (tertiary/aromatic N) is 2. The van der Waals surface area contributed by atoms with E-state index in [-0.39, 0.29) is 6.04 Å². The van der Waals surface area contributed by atoms with E-state index in [1.54, 1.807) is 25.6 Å². The lowest BCUT2D eigenvalue weighted by Gasteiger charge is -2.37. The van der Waals surface area contributed by atoms with Crippen LogP contribution in [-0.4, -0.2) is 30.6 Å². The number of rotatable bonds is 5. The molecule has 0 amide bonds. The second-order valence-corrected chi connectivity index (χ2v) is 7.38. The van der Waals surface area contributed by atoms with Gasteiger partial charge in [0.05, 0.1) is 20.3 Å². The molecule has 0 saturated carbocycles. The average Bonchev–Trinajstić information content (AvgIpc) is 3.21. The van der Waals surface area contributed by atoms with Gasteiger partial charge in [-0.2, -0.15) is 0 Å². The number of hydrogen-bond acceptors (Lipinski definition) is 5. The van der Waals surface area contributed by atoms with E-state index in [4.69, 9.17) is 9.47 Å². The van der Waals surface area contributed by atoms with E-state index in [1.165, 1.54) is 21.6 Å². The maximum Gasteiger partial charge on any atom is 0.161 e. The molecule has 4 rings (SSSR count). The van der Waals surface area contributed by atoms with Crippen molar-refractivity contribution in [3.63, 3.8) is 0 Å². The molecule has 0 unspecified atom stereocenters. The third-order valence-corrected chi connectivity index (χ3v) is 5.82. The fourth-order valence-electron chi connectivity index (χ4n) is 3.67. The first-order valence-corrected chi connectivity index (χ1v) is 9.59. The van der Waals surface area contributed by atoms with E-state index in [1.807, 2.05) is 18.5 Å². The second kappa shape index (κ2) is 7.48. The van der Waals surface area contributed by atoms with Crippen LogP contribution in [0.2, 0.25) is 0 Å². The van der Waals surface area contributed by atoms with Crippen molar-refractivity contribution >= 4 is 11.3 Å². The lowest BCUT2D eigenvalue weighted by molar-refractivity contribution is 0.206. The van der Waals surface area contributed by atoms with Gasteiger partial charge in [-0.15, -0.1) is 11.3 Å². The maximum atomic E-state index is 5.57. The first-order valence-electron chi connectivity index (χ1n) is 8.71. The number of pyridine rings is 1. The molecule has 3 aromatic rings. The zero-order valence-corrected chi connectivity index (χ0v) is 15.8. The van der Waals surface area contributed by atoms with Crippen LogP contribution in [0.25, 0.3) is 0 Å². The van der Waals surface area contributed by atoms with Gasteiger partial charge in [0.25, 0.3) is 0 Å². The number of ether oxygens (including phenoxy) is 2. The Kier molecular flexibility index (Phi) is 4.91. The molecule has 0 fully saturated rings. The first-order chi connectivity index (χ1) is 12.8. The monoisotopic (exact) mass is 366 g/mol. The van der Waals surface area contributed by atoms with Gasteiger partial charge in [-0.3, -0.25) is 9.88 Å². The lowest BCUT2D eigenvalue weighted by Crippen LogP contribution is -2.35. The van der Waals surface area contributed by atoms with Gasteiger partial charge < -0.3 is 9.47 Å². The van der Waals surface area contributed by atoms with Crippen LogP contribution in [0, 0.1) is 0 Å². The van der Waals surface area contributed by atoms with E-state index in [9.17, 15) is 0 Å². The highest BCUT2D eigenvalue weighted by Crippen LogP contribution is 2.42. The van der Waals surface area contributed by atoms with Gasteiger partial charge in [0.2, 0.25) is 0 Å². The topological polar surface area (TPSA) is 34.6 Å². The molecule has 134 valence electrons. The number of hydrogen-bond donors (Lipinski definition) is 0. The normalized spacial score (nSPS) is 16.9. The Hall–Kier alpha value is -2.37. The van der Waals surface area contributed by atoms with Crippen LogP contribution < -0.4 is 9.47 Å². The van der Waals surface area contributed by atoms with E-state index < -0.39 is 0 Å². The smallest absolute Gasteiger partial charge is 0.161 e. The zero-order valence-electron chi connectivity index (χ0n) is 15.0. The summed E-state index contributed by atoms with van der Waals surface area (Å²) >= 11 is 1.80. The molecule has 1 aliphatic rings. The average molecular weight is 366 g/mol. The van der Waals surface area contributed by atoms with Crippen molar-refractivity contribution < 1.29 is 9.47 Å². The third kappa shape index (κ3) is 3.20. The minimum Gasteiger partial charge on any atom is -0.493 e. The summed E-state index contributed by atoms with van der Waals surface area (Å²) in [5.41, 5.74) is 3.88. The predicted octanol–water partition coefficient (Wildman–Crippen LogP) is 4.31. The minimum absolute atomic E-state index is 0.221. The number of fused-ring (bicyclic) bond motifs is 1. The molecular weight excluding hydrogens is 344 g/mol. The Morgan fingerprint density at radius 1 is 1.15 bits per heavy atom. The van der Waals surface area contributed by atoms with Crippen LogP contribution in [0.5, 0.6) is 11.5 Å². The molecule has 5 heteroatoms. The fraction of sp³-hybridized carbons (Fsp3) is 0.286. The van der Waals surface area contributed by atoms with Gasteiger partial charge in [-0.1, -0.05) is 12.1 Å². The summed E-state index contributed by atoms with van der Waals surface area (Å²) in [4.78, 5) is 8.15. The SMILES string of the molecule is COc1cc2c(cc1OC)[C@H](c1cccs1)N(Cc1cccnc1)CC2. The van der Waals surface area contributed by atoms with Crippen LogP contribution in [0.4, 0.5) is 0 Å². The highest BCUT2D eigenvalue weighted by atomic mass is 32.1. The summed E-state index contributed by atoms with van der Waals surface area (Å²) in [6.45, 7) is 1.88. The number of thiophene rings is 1. The van der Waals surface area contributed by atoms with Crippen molar-refractivity contribution in [2.75, 3.05) is 20.8 Å². The summed E-state index contributed by atoms with van der Waals surface area (Å²) in [6, 6.07) is 13.0. The fourth-order valence-corrected chi connectivity index (χ4v) is 4.55. The molecular formula is C21H22N2O2S. The summed E-state index contributed by atoms with van der Waals surface area (Å²) in [5, 5.41) is 2.15. The summed E-state index contributed by atoms with van der Waals surface area (Å²) in [6.07, 6.45) is 4.77. The first kappa shape index (κ1) is 17.1. The van der Waals surface area contributed by atoms with Crippen LogP contribution in [-0.2, 0) is 13.0 Å². The Morgan fingerprint density at radius 3 is 2.69 bits per heavy atom. The van der Waals surface area contributed by atoms with Crippen LogP contribution in [0.15, 0.2) is 54.2 Å². The van der Waals surface area contributed by atoms with E-state index >= 15 is 0 Å². The number of aromatic nitrogens is 1. The molecule has 2 aromatic heterocycles. The number of benzene rings is 1. The summed E-state index contributed by atoms with van der Waals surface area (Å²) in [7, 11) is 3.39. The second-order valence-electron chi connectivity index (χ2n) is 6.41. The largest absolute Gasteiger partial charge is 0.493 e. The van der Waals surface area contributed by atoms with Crippen LogP contribution in [0.1, 0.15) is 27.6 Å². The quantitative estimate of drug-likeness (QED) is 0.674. The minimum atomic E-state index is 0.221. The van der Waals surface area contributed by atoms with E-state index in [0.717, 1.165) is 31.0 Å². The van der Waals surface area contributed by atoms with Crippen molar-refractivity contribution in [2.45, 2.75) is 19.0 Å². The van der Waals surface area contributed by atoms with Crippen LogP contribution in [0.3, 0.4) is 0 Å². The molecule has 0 bridgehead atoms. The van der Waals surface area contributed by atoms with Gasteiger partial charge in [0.15, 0.2) is 11.5 Å². The van der Waals surface area contributed by atoms with Crippen molar-refractivity contribution in [3.8, 4) is 11.5 Å². The van der Waals surface area contributed by atoms with E-state index in [0.29, 0.717) is 0 Å². The Bertz CT molecular complexity index is 865. The molecule has 3 heterocycles. The molecule has 0 aliphatic carbocycles. The van der Waals surface area contributed by atoms with Crippen molar-refractivity contribution in [1.29, 1.82) is 0 Å². The molecule has 1 aliphatic heterocycles. The molecule has 0 radical (unpaired) electrons. The van der Waals surface area contributed by atoms with E-state index in [2.05, 4.69) is 45.6 Å². The molecule has 0 spiro atoms. The Balaban J connectivity index is 1.77. The predicted molar refractivity (Wildman–Crippen MR) is 104 cm³/mol. The summed E-state index contributed by atoms with van der Waals surface area (Å²) in [5.74, 6) is 1.59.